The van der Waals surface area contributed by atoms with Crippen molar-refractivity contribution in [2.24, 2.45) is 11.7 Å². The van der Waals surface area contributed by atoms with E-state index in [1.165, 1.54) is 0 Å². The van der Waals surface area contributed by atoms with E-state index in [4.69, 9.17) is 20.8 Å². The Bertz CT molecular complexity index is 344. The molecule has 1 amide bonds. The first kappa shape index (κ1) is 17.3. The SMILES string of the molecule is CON(C(=O)[C@@H](N)C(C)C)[C@@H](CCC(=O)O)C(=O)O. The summed E-state index contributed by atoms with van der Waals surface area (Å²) in [6.45, 7) is 3.42. The van der Waals surface area contributed by atoms with Gasteiger partial charge in [0.25, 0.3) is 5.91 Å². The third-order valence-electron chi connectivity index (χ3n) is 2.62. The van der Waals surface area contributed by atoms with Crippen molar-refractivity contribution in [3.63, 3.8) is 0 Å². The molecule has 0 spiro atoms. The molecule has 8 heteroatoms. The van der Waals surface area contributed by atoms with Crippen LogP contribution in [0.1, 0.15) is 26.7 Å². The quantitative estimate of drug-likeness (QED) is 0.518. The summed E-state index contributed by atoms with van der Waals surface area (Å²) in [5.74, 6) is -3.37. The van der Waals surface area contributed by atoms with Crippen molar-refractivity contribution in [1.29, 1.82) is 0 Å². The van der Waals surface area contributed by atoms with Crippen LogP contribution in [0.2, 0.25) is 0 Å². The highest BCUT2D eigenvalue weighted by Gasteiger charge is 2.34. The van der Waals surface area contributed by atoms with E-state index in [9.17, 15) is 14.4 Å². The topological polar surface area (TPSA) is 130 Å². The van der Waals surface area contributed by atoms with Crippen LogP contribution in [-0.4, -0.2) is 52.3 Å². The fourth-order valence-electron chi connectivity index (χ4n) is 1.40. The van der Waals surface area contributed by atoms with Gasteiger partial charge in [-0.3, -0.25) is 14.4 Å². The van der Waals surface area contributed by atoms with E-state index in [0.29, 0.717) is 5.06 Å². The molecule has 19 heavy (non-hydrogen) atoms. The number of carboxylic acids is 2. The number of aliphatic carboxylic acids is 2. The molecule has 0 aliphatic heterocycles. The minimum absolute atomic E-state index is 0.195. The average Bonchev–Trinajstić information content (AvgIpc) is 2.31. The number of carbonyl (C=O) groups excluding carboxylic acids is 1. The van der Waals surface area contributed by atoms with E-state index in [2.05, 4.69) is 0 Å². The fourth-order valence-corrected chi connectivity index (χ4v) is 1.40. The minimum atomic E-state index is -1.38. The van der Waals surface area contributed by atoms with Crippen LogP contribution in [0.15, 0.2) is 0 Å². The molecule has 110 valence electrons. The van der Waals surface area contributed by atoms with Crippen LogP contribution in [0.25, 0.3) is 0 Å². The second-order valence-electron chi connectivity index (χ2n) is 4.40. The summed E-state index contributed by atoms with van der Waals surface area (Å²) in [5.41, 5.74) is 5.65. The smallest absolute Gasteiger partial charge is 0.329 e. The Morgan fingerprint density at radius 2 is 1.79 bits per heavy atom. The van der Waals surface area contributed by atoms with Crippen LogP contribution in [0.3, 0.4) is 0 Å². The van der Waals surface area contributed by atoms with Crippen molar-refractivity contribution in [2.75, 3.05) is 7.11 Å². The van der Waals surface area contributed by atoms with Crippen LogP contribution in [0.5, 0.6) is 0 Å². The highest BCUT2D eigenvalue weighted by molar-refractivity contribution is 5.86. The van der Waals surface area contributed by atoms with Gasteiger partial charge in [0.2, 0.25) is 0 Å². The molecule has 0 rings (SSSR count). The predicted molar refractivity (Wildman–Crippen MR) is 65.0 cm³/mol. The Kier molecular flexibility index (Phi) is 7.02. The number of carboxylic acid groups (broad SMARTS) is 2. The number of nitrogens with two attached hydrogens (primary N) is 1. The number of hydrogen-bond donors (Lipinski definition) is 3. The molecule has 8 nitrogen and oxygen atoms in total. The maximum atomic E-state index is 12.0. The first-order valence-electron chi connectivity index (χ1n) is 5.79. The zero-order valence-corrected chi connectivity index (χ0v) is 11.2. The van der Waals surface area contributed by atoms with Crippen LogP contribution in [0.4, 0.5) is 0 Å². The van der Waals surface area contributed by atoms with Crippen molar-refractivity contribution in [3.8, 4) is 0 Å². The zero-order chi connectivity index (χ0) is 15.2. The van der Waals surface area contributed by atoms with Crippen molar-refractivity contribution in [3.05, 3.63) is 0 Å². The van der Waals surface area contributed by atoms with E-state index < -0.39 is 29.9 Å². The van der Waals surface area contributed by atoms with Crippen LogP contribution >= 0.6 is 0 Å². The van der Waals surface area contributed by atoms with E-state index in [-0.39, 0.29) is 18.8 Å². The summed E-state index contributed by atoms with van der Waals surface area (Å²) in [4.78, 5) is 38.3. The summed E-state index contributed by atoms with van der Waals surface area (Å²) in [6.07, 6.45) is -0.643. The van der Waals surface area contributed by atoms with Gasteiger partial charge in [0.1, 0.15) is 0 Å². The van der Waals surface area contributed by atoms with E-state index in [0.717, 1.165) is 7.11 Å². The first-order chi connectivity index (χ1) is 8.72. The van der Waals surface area contributed by atoms with Gasteiger partial charge >= 0.3 is 11.9 Å². The van der Waals surface area contributed by atoms with E-state index >= 15 is 0 Å². The Morgan fingerprint density at radius 1 is 1.26 bits per heavy atom. The maximum Gasteiger partial charge on any atom is 0.329 e. The Balaban J connectivity index is 4.98. The van der Waals surface area contributed by atoms with Gasteiger partial charge in [0, 0.05) is 6.42 Å². The minimum Gasteiger partial charge on any atom is -0.481 e. The standard InChI is InChI=1S/C11H20N2O6/c1-6(2)9(12)10(16)13(19-3)7(11(17)18)4-5-8(14)15/h6-7,9H,4-5,12H2,1-3H3,(H,14,15)(H,17,18)/t7-,9-/m0/s1. The summed E-state index contributed by atoms with van der Waals surface area (Å²) < 4.78 is 0. The summed E-state index contributed by atoms with van der Waals surface area (Å²) in [6, 6.07) is -2.29. The highest BCUT2D eigenvalue weighted by Crippen LogP contribution is 2.12. The molecule has 0 aliphatic carbocycles. The molecule has 2 atom stereocenters. The van der Waals surface area contributed by atoms with Crippen molar-refractivity contribution in [2.45, 2.75) is 38.8 Å². The van der Waals surface area contributed by atoms with Crippen LogP contribution < -0.4 is 5.73 Å². The molecule has 0 heterocycles. The Hall–Kier alpha value is -1.67. The van der Waals surface area contributed by atoms with Crippen LogP contribution in [0, 0.1) is 5.92 Å². The van der Waals surface area contributed by atoms with Crippen molar-refractivity contribution >= 4 is 17.8 Å². The third kappa shape index (κ3) is 5.23. The second kappa shape index (κ2) is 7.70. The normalized spacial score (nSPS) is 13.9. The molecular weight excluding hydrogens is 256 g/mol. The van der Waals surface area contributed by atoms with Gasteiger partial charge in [-0.05, 0) is 12.3 Å². The molecule has 0 aromatic carbocycles. The monoisotopic (exact) mass is 276 g/mol. The number of rotatable bonds is 8. The molecule has 0 fully saturated rings. The average molecular weight is 276 g/mol. The van der Waals surface area contributed by atoms with Gasteiger partial charge in [-0.25, -0.2) is 9.86 Å². The molecule has 4 N–H and O–H groups in total. The number of carbonyl (C=O) groups is 3. The summed E-state index contributed by atoms with van der Waals surface area (Å²) in [7, 11) is 1.14. The predicted octanol–water partition coefficient (Wildman–Crippen LogP) is -0.322. The number of hydrogen-bond acceptors (Lipinski definition) is 5. The summed E-state index contributed by atoms with van der Waals surface area (Å²) in [5, 5.41) is 18.3. The number of hydroxylamine groups is 2. The third-order valence-corrected chi connectivity index (χ3v) is 2.62. The molecular formula is C11H20N2O6. The van der Waals surface area contributed by atoms with E-state index in [1.54, 1.807) is 13.8 Å². The lowest BCUT2D eigenvalue weighted by molar-refractivity contribution is -0.199. The molecule has 0 aromatic rings. The highest BCUT2D eigenvalue weighted by atomic mass is 16.7. The molecule has 0 radical (unpaired) electrons. The lowest BCUT2D eigenvalue weighted by atomic mass is 10.0. The van der Waals surface area contributed by atoms with Gasteiger partial charge in [0.15, 0.2) is 6.04 Å². The Morgan fingerprint density at radius 3 is 2.11 bits per heavy atom. The van der Waals surface area contributed by atoms with Gasteiger partial charge in [-0.1, -0.05) is 13.8 Å². The lowest BCUT2D eigenvalue weighted by Gasteiger charge is -2.29. The number of amides is 1. The van der Waals surface area contributed by atoms with Gasteiger partial charge < -0.3 is 15.9 Å². The lowest BCUT2D eigenvalue weighted by Crippen LogP contribution is -2.52. The fraction of sp³-hybridized carbons (Fsp3) is 0.727. The van der Waals surface area contributed by atoms with Gasteiger partial charge in [-0.2, -0.15) is 0 Å². The van der Waals surface area contributed by atoms with E-state index in [1.807, 2.05) is 0 Å². The number of nitrogens with zero attached hydrogens (tertiary/aromatic N) is 1. The first-order valence-corrected chi connectivity index (χ1v) is 5.79. The van der Waals surface area contributed by atoms with Crippen LogP contribution in [-0.2, 0) is 19.2 Å². The van der Waals surface area contributed by atoms with Gasteiger partial charge in [-0.15, -0.1) is 0 Å². The molecule has 0 aromatic heterocycles. The largest absolute Gasteiger partial charge is 0.481 e. The maximum absolute atomic E-state index is 12.0. The molecule has 0 unspecified atom stereocenters. The molecule has 0 saturated carbocycles. The van der Waals surface area contributed by atoms with Crippen molar-refractivity contribution in [1.82, 2.24) is 5.06 Å². The van der Waals surface area contributed by atoms with Crippen molar-refractivity contribution < 1.29 is 29.4 Å². The Labute approximate surface area is 111 Å². The second-order valence-corrected chi connectivity index (χ2v) is 4.40. The van der Waals surface area contributed by atoms with Gasteiger partial charge in [0.05, 0.1) is 13.2 Å². The molecule has 0 bridgehead atoms. The molecule has 0 aliphatic rings. The summed E-state index contributed by atoms with van der Waals surface area (Å²) >= 11 is 0. The molecule has 0 saturated heterocycles. The zero-order valence-electron chi connectivity index (χ0n) is 11.2.